The van der Waals surface area contributed by atoms with Gasteiger partial charge < -0.3 is 9.47 Å². The summed E-state index contributed by atoms with van der Waals surface area (Å²) in [5.74, 6) is 13.1. The predicted octanol–water partition coefficient (Wildman–Crippen LogP) is 17.9. The molecule has 0 N–H and O–H groups in total. The average Bonchev–Trinajstić information content (AvgIpc) is 3.66. The summed E-state index contributed by atoms with van der Waals surface area (Å²) >= 11 is 0. The normalized spacial score (nSPS) is 57.8. The van der Waals surface area contributed by atoms with E-state index in [1.54, 1.807) is 89.9 Å². The Balaban J connectivity index is 0.000000100. The lowest BCUT2D eigenvalue weighted by molar-refractivity contribution is -0.234. The maximum atomic E-state index is 6.28. The van der Waals surface area contributed by atoms with Gasteiger partial charge in [0.25, 0.3) is 0 Å². The van der Waals surface area contributed by atoms with Crippen LogP contribution >= 0.6 is 0 Å². The zero-order valence-corrected chi connectivity index (χ0v) is 44.5. The van der Waals surface area contributed by atoms with Gasteiger partial charge in [-0.05, 0) is 289 Å². The molecule has 13 saturated carbocycles. The molecule has 14 aliphatic carbocycles. The molecule has 2 heteroatoms. The van der Waals surface area contributed by atoms with Crippen LogP contribution in [-0.2, 0) is 9.47 Å². The molecule has 0 aromatic rings. The zero-order valence-electron chi connectivity index (χ0n) is 44.5. The van der Waals surface area contributed by atoms with Crippen LogP contribution in [0.25, 0.3) is 0 Å². The largest absolute Gasteiger partial charge is 0.347 e. The fourth-order valence-corrected chi connectivity index (χ4v) is 24.3. The van der Waals surface area contributed by atoms with Crippen LogP contribution in [-0.4, -0.2) is 18.5 Å². The van der Waals surface area contributed by atoms with Crippen molar-refractivity contribution in [3.63, 3.8) is 0 Å². The number of allylic oxidation sites excluding steroid dienone is 4. The molecule has 2 nitrogen and oxygen atoms in total. The molecule has 1 aliphatic heterocycles. The van der Waals surface area contributed by atoms with Crippen molar-refractivity contribution in [3.05, 3.63) is 24.3 Å². The molecule has 0 aromatic heterocycles. The summed E-state index contributed by atoms with van der Waals surface area (Å²) in [7, 11) is 0. The van der Waals surface area contributed by atoms with Crippen LogP contribution in [0.3, 0.4) is 0 Å². The first-order chi connectivity index (χ1) is 32.2. The second kappa shape index (κ2) is 16.5. The average molecular weight is 916 g/mol. The van der Waals surface area contributed by atoms with E-state index in [0.29, 0.717) is 27.8 Å². The summed E-state index contributed by atoms with van der Waals surface area (Å²) in [4.78, 5) is 0. The topological polar surface area (TPSA) is 18.5 Å². The molecule has 0 amide bonds. The van der Waals surface area contributed by atoms with Crippen LogP contribution in [0.4, 0.5) is 0 Å². The zero-order chi connectivity index (χ0) is 45.7. The van der Waals surface area contributed by atoms with Gasteiger partial charge in [0, 0.05) is 12.8 Å². The molecule has 14 fully saturated rings. The van der Waals surface area contributed by atoms with Gasteiger partial charge in [0.05, 0.1) is 12.7 Å². The highest BCUT2D eigenvalue weighted by atomic mass is 16.7. The standard InChI is InChI=1S/C22H36O2.C22H32.C21H34/c1-15-14-23-22(24-15)12-11-21(3)16(13-22)6-7-17-18-5-4-9-20(18,2)10-8-19(17)21;1-21-13-4-2-6-16(21)8-10-18-19(21)12-15-22-14-5-3-7-17(22)9-11-20(18)22;1-19-8-3-4-17(19)16-6-5-15-14-21(12-13-21)11-10-20(15,2)18(16)7-9-19/h15-19H,4-14H2,1-3H3;3,5,7,14,16-20H,2,4,6,8-13,15H2,1H3;15-18H,3-14H2,1-2H3/t15-,16+,17?,18?,19?,20+,21+,22+;16-,17+,18?,19?,20?,21+,22-;15-,16?,17?,18?,19-,20-/m110/s1. The number of hydrogen-bond donors (Lipinski definition) is 0. The third kappa shape index (κ3) is 7.18. The molecule has 21 atom stereocenters. The molecule has 0 radical (unpaired) electrons. The molecule has 374 valence electrons. The van der Waals surface area contributed by atoms with Crippen LogP contribution in [0.2, 0.25) is 0 Å². The van der Waals surface area contributed by atoms with Gasteiger partial charge in [-0.3, -0.25) is 0 Å². The molecule has 15 aliphatic rings. The lowest BCUT2D eigenvalue weighted by Crippen LogP contribution is -2.55. The van der Waals surface area contributed by atoms with E-state index < -0.39 is 0 Å². The molecule has 0 bridgehead atoms. The van der Waals surface area contributed by atoms with Gasteiger partial charge in [-0.1, -0.05) is 84.6 Å². The van der Waals surface area contributed by atoms with Crippen molar-refractivity contribution in [2.24, 2.45) is 115 Å². The van der Waals surface area contributed by atoms with Crippen LogP contribution in [0.1, 0.15) is 247 Å². The van der Waals surface area contributed by atoms with Crippen molar-refractivity contribution in [3.8, 4) is 0 Å². The summed E-state index contributed by atoms with van der Waals surface area (Å²) in [6, 6.07) is 0. The first-order valence-electron chi connectivity index (χ1n) is 30.9. The fourth-order valence-electron chi connectivity index (χ4n) is 24.3. The van der Waals surface area contributed by atoms with Crippen molar-refractivity contribution < 1.29 is 9.47 Å². The molecule has 9 unspecified atom stereocenters. The van der Waals surface area contributed by atoms with E-state index in [4.69, 9.17) is 9.47 Å². The first-order valence-corrected chi connectivity index (χ1v) is 30.9. The van der Waals surface area contributed by atoms with Gasteiger partial charge >= 0.3 is 0 Å². The SMILES string of the molecule is C[C@@H]1CO[C@@]2(CC[C@]3(C)C4CC[C@]5(C)CCCC5C4CC[C@H]3C2)O1.C[C@@]12CCCC1C1CC[C@H]3CC4(CC4)CC[C@]3(C)C1CC2.C[C@]12CCCC[C@@H]1CCC1C3CC[C@@H]4C=CC=C[C@]34CCC12. The van der Waals surface area contributed by atoms with Crippen LogP contribution in [0.15, 0.2) is 24.3 Å². The summed E-state index contributed by atoms with van der Waals surface area (Å²) in [6.07, 6.45) is 58.4. The van der Waals surface area contributed by atoms with Crippen LogP contribution < -0.4 is 0 Å². The van der Waals surface area contributed by atoms with Crippen molar-refractivity contribution in [2.45, 2.75) is 259 Å². The maximum Gasteiger partial charge on any atom is 0.169 e. The quantitative estimate of drug-likeness (QED) is 0.241. The Labute approximate surface area is 412 Å². The lowest BCUT2D eigenvalue weighted by atomic mass is 9.44. The van der Waals surface area contributed by atoms with Gasteiger partial charge in [0.1, 0.15) is 0 Å². The summed E-state index contributed by atoms with van der Waals surface area (Å²) in [5.41, 5.74) is 4.87. The Morgan fingerprint density at radius 2 is 1.00 bits per heavy atom. The van der Waals surface area contributed by atoms with Gasteiger partial charge in [-0.25, -0.2) is 0 Å². The molecular weight excluding hydrogens is 813 g/mol. The highest BCUT2D eigenvalue weighted by Gasteiger charge is 2.64. The number of rotatable bonds is 0. The Morgan fingerprint density at radius 3 is 1.64 bits per heavy atom. The van der Waals surface area contributed by atoms with E-state index in [0.717, 1.165) is 106 Å². The molecule has 0 aromatic carbocycles. The van der Waals surface area contributed by atoms with Crippen LogP contribution in [0.5, 0.6) is 0 Å². The number of fused-ring (bicyclic) bond motifs is 14. The van der Waals surface area contributed by atoms with Gasteiger partial charge in [0.2, 0.25) is 0 Å². The van der Waals surface area contributed by atoms with E-state index >= 15 is 0 Å². The Bertz CT molecular complexity index is 1910. The monoisotopic (exact) mass is 915 g/mol. The van der Waals surface area contributed by atoms with E-state index in [-0.39, 0.29) is 5.79 Å². The minimum absolute atomic E-state index is 0.215. The van der Waals surface area contributed by atoms with Crippen molar-refractivity contribution >= 4 is 0 Å². The molecule has 1 saturated heterocycles. The molecule has 67 heavy (non-hydrogen) atoms. The second-order valence-electron chi connectivity index (χ2n) is 30.5. The lowest BCUT2D eigenvalue weighted by Gasteiger charge is -2.61. The third-order valence-corrected chi connectivity index (χ3v) is 28.2. The van der Waals surface area contributed by atoms with E-state index in [2.05, 4.69) is 65.8 Å². The Kier molecular flexibility index (Phi) is 11.3. The second-order valence-corrected chi connectivity index (χ2v) is 30.5. The smallest absolute Gasteiger partial charge is 0.169 e. The molecule has 1 heterocycles. The highest BCUT2D eigenvalue weighted by Crippen LogP contribution is 2.73. The van der Waals surface area contributed by atoms with Crippen molar-refractivity contribution in [1.29, 1.82) is 0 Å². The van der Waals surface area contributed by atoms with Gasteiger partial charge in [-0.2, -0.15) is 0 Å². The van der Waals surface area contributed by atoms with Gasteiger partial charge in [-0.15, -0.1) is 0 Å². The fraction of sp³-hybridized carbons (Fsp3) is 0.938. The van der Waals surface area contributed by atoms with E-state index in [1.165, 1.54) is 109 Å². The third-order valence-electron chi connectivity index (χ3n) is 28.2. The van der Waals surface area contributed by atoms with Crippen LogP contribution in [0, 0.1) is 115 Å². The minimum atomic E-state index is -0.215. The number of hydrogen-bond acceptors (Lipinski definition) is 2. The van der Waals surface area contributed by atoms with Crippen molar-refractivity contribution in [2.75, 3.05) is 6.61 Å². The summed E-state index contributed by atoms with van der Waals surface area (Å²) in [6.45, 7) is 16.3. The number of ether oxygens (including phenoxy) is 2. The summed E-state index contributed by atoms with van der Waals surface area (Å²) in [5, 5.41) is 0. The first kappa shape index (κ1) is 46.2. The maximum absolute atomic E-state index is 6.28. The predicted molar refractivity (Wildman–Crippen MR) is 276 cm³/mol. The Hall–Kier alpha value is -0.600. The summed E-state index contributed by atoms with van der Waals surface area (Å²) < 4.78 is 12.5. The van der Waals surface area contributed by atoms with Crippen molar-refractivity contribution in [1.82, 2.24) is 0 Å². The molecule has 3 spiro atoms. The Morgan fingerprint density at radius 1 is 0.418 bits per heavy atom. The van der Waals surface area contributed by atoms with E-state index in [1.807, 2.05) is 0 Å². The molecule has 15 rings (SSSR count). The van der Waals surface area contributed by atoms with E-state index in [9.17, 15) is 0 Å². The van der Waals surface area contributed by atoms with Gasteiger partial charge in [0.15, 0.2) is 5.79 Å². The highest BCUT2D eigenvalue weighted by molar-refractivity contribution is 5.26. The molecular formula is C65H102O2. The minimum Gasteiger partial charge on any atom is -0.347 e.